The van der Waals surface area contributed by atoms with Crippen LogP contribution in [0.2, 0.25) is 0 Å². The molecule has 1 atom stereocenters. The molecule has 5 nitrogen and oxygen atoms in total. The number of sulfonamides is 1. The minimum Gasteiger partial charge on any atom is -0.355 e. The predicted molar refractivity (Wildman–Crippen MR) is 98.5 cm³/mol. The second-order valence-electron chi connectivity index (χ2n) is 5.53. The zero-order chi connectivity index (χ0) is 17.3. The summed E-state index contributed by atoms with van der Waals surface area (Å²) in [7, 11) is -3.65. The van der Waals surface area contributed by atoms with Gasteiger partial charge in [0.2, 0.25) is 5.91 Å². The third-order valence-corrected chi connectivity index (χ3v) is 7.22. The van der Waals surface area contributed by atoms with Crippen molar-refractivity contribution >= 4 is 39.0 Å². The van der Waals surface area contributed by atoms with Crippen LogP contribution in [0, 0.1) is 5.92 Å². The Labute approximate surface area is 147 Å². The van der Waals surface area contributed by atoms with Crippen LogP contribution in [0.5, 0.6) is 0 Å². The molecule has 0 saturated carbocycles. The Balaban J connectivity index is 2.52. The lowest BCUT2D eigenvalue weighted by atomic mass is 10.1. The molecule has 0 spiro atoms. The number of carbonyl (C=O) groups is 1. The van der Waals surface area contributed by atoms with Crippen molar-refractivity contribution in [2.45, 2.75) is 43.9 Å². The maximum atomic E-state index is 12.3. The summed E-state index contributed by atoms with van der Waals surface area (Å²) in [6, 6.07) is 2.45. The molecule has 0 aliphatic rings. The lowest BCUT2D eigenvalue weighted by Gasteiger charge is -2.21. The summed E-state index contributed by atoms with van der Waals surface area (Å²) in [5, 5.41) is 4.53. The summed E-state index contributed by atoms with van der Waals surface area (Å²) < 4.78 is 27.3. The summed E-state index contributed by atoms with van der Waals surface area (Å²) in [5.74, 6) is 1.74. The number of hydrogen-bond donors (Lipinski definition) is 2. The standard InChI is InChI=1S/C15H26N2O3S3/c1-4-9-21-10-6-8-16-15(18)14(12(2)3)17-23(19,20)13-7-5-11-22-13/h5,7,11-12,14,17H,4,6,8-10H2,1-3H3,(H,16,18). The van der Waals surface area contributed by atoms with Crippen molar-refractivity contribution in [2.75, 3.05) is 18.1 Å². The lowest BCUT2D eigenvalue weighted by Crippen LogP contribution is -2.49. The average molecular weight is 379 g/mol. The molecule has 1 heterocycles. The van der Waals surface area contributed by atoms with Gasteiger partial charge in [0.25, 0.3) is 10.0 Å². The molecular formula is C15H26N2O3S3. The number of amides is 1. The molecule has 1 unspecified atom stereocenters. The lowest BCUT2D eigenvalue weighted by molar-refractivity contribution is -0.123. The highest BCUT2D eigenvalue weighted by atomic mass is 32.2. The molecule has 0 aliphatic carbocycles. The third-order valence-electron chi connectivity index (χ3n) is 3.10. The highest BCUT2D eigenvalue weighted by molar-refractivity contribution is 7.99. The summed E-state index contributed by atoms with van der Waals surface area (Å²) in [6.45, 7) is 6.37. The van der Waals surface area contributed by atoms with Gasteiger partial charge < -0.3 is 5.32 Å². The third kappa shape index (κ3) is 7.24. The van der Waals surface area contributed by atoms with Crippen molar-refractivity contribution in [3.8, 4) is 0 Å². The molecule has 1 rings (SSSR count). The van der Waals surface area contributed by atoms with E-state index in [2.05, 4.69) is 17.0 Å². The highest BCUT2D eigenvalue weighted by Crippen LogP contribution is 2.17. The Morgan fingerprint density at radius 1 is 1.35 bits per heavy atom. The van der Waals surface area contributed by atoms with Crippen LogP contribution in [-0.2, 0) is 14.8 Å². The van der Waals surface area contributed by atoms with E-state index in [4.69, 9.17) is 0 Å². The maximum Gasteiger partial charge on any atom is 0.250 e. The van der Waals surface area contributed by atoms with Crippen LogP contribution in [0.25, 0.3) is 0 Å². The zero-order valence-electron chi connectivity index (χ0n) is 13.9. The molecule has 2 N–H and O–H groups in total. The van der Waals surface area contributed by atoms with Gasteiger partial charge in [-0.3, -0.25) is 4.79 Å². The van der Waals surface area contributed by atoms with Crippen LogP contribution < -0.4 is 10.0 Å². The van der Waals surface area contributed by atoms with E-state index in [1.807, 2.05) is 25.6 Å². The van der Waals surface area contributed by atoms with E-state index in [-0.39, 0.29) is 16.0 Å². The summed E-state index contributed by atoms with van der Waals surface area (Å²) in [6.07, 6.45) is 2.04. The van der Waals surface area contributed by atoms with Gasteiger partial charge in [-0.1, -0.05) is 26.8 Å². The van der Waals surface area contributed by atoms with Crippen LogP contribution in [0.1, 0.15) is 33.6 Å². The van der Waals surface area contributed by atoms with Crippen molar-refractivity contribution in [2.24, 2.45) is 5.92 Å². The molecule has 1 amide bonds. The van der Waals surface area contributed by atoms with Crippen molar-refractivity contribution in [1.82, 2.24) is 10.0 Å². The first kappa shape index (κ1) is 20.5. The summed E-state index contributed by atoms with van der Waals surface area (Å²) >= 11 is 3.01. The molecule has 0 bridgehead atoms. The van der Waals surface area contributed by atoms with E-state index < -0.39 is 16.1 Å². The van der Waals surface area contributed by atoms with E-state index >= 15 is 0 Å². The quantitative estimate of drug-likeness (QED) is 0.581. The number of rotatable bonds is 11. The Kier molecular flexibility index (Phi) is 9.19. The molecule has 0 aliphatic heterocycles. The molecule has 1 aromatic heterocycles. The van der Waals surface area contributed by atoms with Crippen molar-refractivity contribution < 1.29 is 13.2 Å². The zero-order valence-corrected chi connectivity index (χ0v) is 16.3. The van der Waals surface area contributed by atoms with Crippen molar-refractivity contribution in [3.05, 3.63) is 17.5 Å². The Bertz CT molecular complexity index is 557. The Morgan fingerprint density at radius 3 is 2.65 bits per heavy atom. The van der Waals surface area contributed by atoms with Gasteiger partial charge >= 0.3 is 0 Å². The van der Waals surface area contributed by atoms with Gasteiger partial charge in [-0.25, -0.2) is 8.42 Å². The first-order valence-electron chi connectivity index (χ1n) is 7.79. The van der Waals surface area contributed by atoms with Gasteiger partial charge in [0.1, 0.15) is 10.3 Å². The smallest absolute Gasteiger partial charge is 0.250 e. The van der Waals surface area contributed by atoms with Crippen LogP contribution >= 0.6 is 23.1 Å². The van der Waals surface area contributed by atoms with Gasteiger partial charge in [-0.2, -0.15) is 16.5 Å². The van der Waals surface area contributed by atoms with Gasteiger partial charge in [0.05, 0.1) is 0 Å². The Hall–Kier alpha value is -0.570. The highest BCUT2D eigenvalue weighted by Gasteiger charge is 2.28. The maximum absolute atomic E-state index is 12.3. The van der Waals surface area contributed by atoms with Gasteiger partial charge in [0, 0.05) is 6.54 Å². The second-order valence-corrected chi connectivity index (χ2v) is 9.65. The van der Waals surface area contributed by atoms with Crippen molar-refractivity contribution in [1.29, 1.82) is 0 Å². The minimum absolute atomic E-state index is 0.126. The molecule has 132 valence electrons. The fourth-order valence-electron chi connectivity index (χ4n) is 1.88. The topological polar surface area (TPSA) is 75.3 Å². The molecule has 23 heavy (non-hydrogen) atoms. The molecular weight excluding hydrogens is 352 g/mol. The normalized spacial score (nSPS) is 13.2. The van der Waals surface area contributed by atoms with Gasteiger partial charge in [0.15, 0.2) is 0 Å². The van der Waals surface area contributed by atoms with Gasteiger partial charge in [-0.15, -0.1) is 11.3 Å². The van der Waals surface area contributed by atoms with Crippen LogP contribution in [0.15, 0.2) is 21.7 Å². The average Bonchev–Trinajstić information content (AvgIpc) is 3.03. The van der Waals surface area contributed by atoms with E-state index in [0.29, 0.717) is 6.54 Å². The van der Waals surface area contributed by atoms with E-state index in [1.54, 1.807) is 11.4 Å². The molecule has 0 aromatic carbocycles. The van der Waals surface area contributed by atoms with Gasteiger partial charge in [-0.05, 0) is 41.7 Å². The van der Waals surface area contributed by atoms with E-state index in [1.165, 1.54) is 6.07 Å². The number of carbonyl (C=O) groups excluding carboxylic acids is 1. The van der Waals surface area contributed by atoms with Crippen LogP contribution in [0.4, 0.5) is 0 Å². The van der Waals surface area contributed by atoms with Crippen LogP contribution in [0.3, 0.4) is 0 Å². The molecule has 0 saturated heterocycles. The molecule has 1 aromatic rings. The summed E-state index contributed by atoms with van der Waals surface area (Å²) in [5.41, 5.74) is 0. The first-order chi connectivity index (χ1) is 10.9. The number of hydrogen-bond acceptors (Lipinski definition) is 5. The molecule has 8 heteroatoms. The van der Waals surface area contributed by atoms with Crippen molar-refractivity contribution in [3.63, 3.8) is 0 Å². The number of nitrogens with one attached hydrogen (secondary N) is 2. The van der Waals surface area contributed by atoms with E-state index in [0.717, 1.165) is 35.7 Å². The minimum atomic E-state index is -3.65. The summed E-state index contributed by atoms with van der Waals surface area (Å²) in [4.78, 5) is 12.3. The van der Waals surface area contributed by atoms with Crippen LogP contribution in [-0.4, -0.2) is 38.4 Å². The second kappa shape index (κ2) is 10.3. The first-order valence-corrected chi connectivity index (χ1v) is 11.3. The monoisotopic (exact) mass is 378 g/mol. The number of thiophene rings is 1. The predicted octanol–water partition coefficient (Wildman–Crippen LogP) is 2.70. The SMILES string of the molecule is CCCSCCCNC(=O)C(NS(=O)(=O)c1cccs1)C(C)C. The van der Waals surface area contributed by atoms with E-state index in [9.17, 15) is 13.2 Å². The molecule has 0 fully saturated rings. The number of thioether (sulfide) groups is 1. The Morgan fingerprint density at radius 2 is 2.09 bits per heavy atom. The largest absolute Gasteiger partial charge is 0.355 e. The fourth-order valence-corrected chi connectivity index (χ4v) is 5.07. The molecule has 0 radical (unpaired) electrons. The fraction of sp³-hybridized carbons (Fsp3) is 0.667.